The maximum absolute atomic E-state index is 5.79. The standard InChI is InChI=1S/C17H22N2O/c1-17(2,3)13-8-10-15(11-9-13)20-16-7-5-6-14(19-16)12-18-4/h5-11,18H,12H2,1-4H3. The van der Waals surface area contributed by atoms with Gasteiger partial charge >= 0.3 is 0 Å². The van der Waals surface area contributed by atoms with E-state index >= 15 is 0 Å². The molecule has 0 radical (unpaired) electrons. The van der Waals surface area contributed by atoms with E-state index in [1.807, 2.05) is 37.4 Å². The third-order valence-corrected chi connectivity index (χ3v) is 3.08. The van der Waals surface area contributed by atoms with Gasteiger partial charge in [-0.05, 0) is 36.2 Å². The minimum atomic E-state index is 0.156. The monoisotopic (exact) mass is 270 g/mol. The molecule has 0 spiro atoms. The van der Waals surface area contributed by atoms with Gasteiger partial charge in [-0.25, -0.2) is 4.98 Å². The van der Waals surface area contributed by atoms with Gasteiger partial charge in [-0.2, -0.15) is 0 Å². The molecule has 0 amide bonds. The van der Waals surface area contributed by atoms with Gasteiger partial charge in [-0.15, -0.1) is 0 Å². The summed E-state index contributed by atoms with van der Waals surface area (Å²) in [4.78, 5) is 4.44. The Morgan fingerprint density at radius 2 is 1.75 bits per heavy atom. The Labute approximate surface area is 121 Å². The zero-order valence-electron chi connectivity index (χ0n) is 12.6. The van der Waals surface area contributed by atoms with Gasteiger partial charge in [0.05, 0.1) is 5.69 Å². The first kappa shape index (κ1) is 14.5. The molecule has 0 saturated heterocycles. The quantitative estimate of drug-likeness (QED) is 0.915. The van der Waals surface area contributed by atoms with Crippen molar-refractivity contribution in [2.75, 3.05) is 7.05 Å². The third kappa shape index (κ3) is 3.81. The van der Waals surface area contributed by atoms with E-state index in [1.54, 1.807) is 0 Å². The van der Waals surface area contributed by atoms with E-state index in [2.05, 4.69) is 43.2 Å². The summed E-state index contributed by atoms with van der Waals surface area (Å²) in [6.45, 7) is 7.34. The number of nitrogens with zero attached hydrogens (tertiary/aromatic N) is 1. The van der Waals surface area contributed by atoms with Crippen LogP contribution in [0.15, 0.2) is 42.5 Å². The maximum Gasteiger partial charge on any atom is 0.219 e. The van der Waals surface area contributed by atoms with E-state index in [9.17, 15) is 0 Å². The fourth-order valence-corrected chi connectivity index (χ4v) is 1.94. The number of nitrogens with one attached hydrogen (secondary N) is 1. The van der Waals surface area contributed by atoms with Crippen molar-refractivity contribution >= 4 is 0 Å². The molecule has 20 heavy (non-hydrogen) atoms. The van der Waals surface area contributed by atoms with Gasteiger partial charge in [0, 0.05) is 12.6 Å². The lowest BCUT2D eigenvalue weighted by molar-refractivity contribution is 0.459. The van der Waals surface area contributed by atoms with Crippen molar-refractivity contribution in [3.63, 3.8) is 0 Å². The first-order valence-corrected chi connectivity index (χ1v) is 6.88. The van der Waals surface area contributed by atoms with Gasteiger partial charge in [0.2, 0.25) is 5.88 Å². The average molecular weight is 270 g/mol. The lowest BCUT2D eigenvalue weighted by Gasteiger charge is -2.19. The highest BCUT2D eigenvalue weighted by Gasteiger charge is 2.13. The number of hydrogen-bond donors (Lipinski definition) is 1. The van der Waals surface area contributed by atoms with Crippen molar-refractivity contribution in [3.8, 4) is 11.6 Å². The molecule has 1 aromatic heterocycles. The number of aromatic nitrogens is 1. The van der Waals surface area contributed by atoms with Crippen LogP contribution in [0.4, 0.5) is 0 Å². The second-order valence-corrected chi connectivity index (χ2v) is 5.87. The first-order valence-electron chi connectivity index (χ1n) is 6.88. The second-order valence-electron chi connectivity index (χ2n) is 5.87. The molecule has 106 valence electrons. The van der Waals surface area contributed by atoms with E-state index in [0.29, 0.717) is 5.88 Å². The Balaban J connectivity index is 2.12. The summed E-state index contributed by atoms with van der Waals surface area (Å²) in [6.07, 6.45) is 0. The van der Waals surface area contributed by atoms with Crippen LogP contribution in [0.2, 0.25) is 0 Å². The van der Waals surface area contributed by atoms with Crippen molar-refractivity contribution < 1.29 is 4.74 Å². The summed E-state index contributed by atoms with van der Waals surface area (Å²) in [5, 5.41) is 3.08. The molecule has 2 rings (SSSR count). The maximum atomic E-state index is 5.79. The number of benzene rings is 1. The molecule has 0 aliphatic rings. The number of pyridine rings is 1. The molecule has 1 heterocycles. The van der Waals surface area contributed by atoms with Crippen molar-refractivity contribution in [2.24, 2.45) is 0 Å². The van der Waals surface area contributed by atoms with Gasteiger partial charge in [-0.1, -0.05) is 39.0 Å². The van der Waals surface area contributed by atoms with Gasteiger partial charge in [0.15, 0.2) is 0 Å². The molecule has 0 fully saturated rings. The van der Waals surface area contributed by atoms with E-state index in [0.717, 1.165) is 18.0 Å². The molecule has 3 nitrogen and oxygen atoms in total. The lowest BCUT2D eigenvalue weighted by Crippen LogP contribution is -2.10. The summed E-state index contributed by atoms with van der Waals surface area (Å²) in [7, 11) is 1.90. The normalized spacial score (nSPS) is 11.4. The smallest absolute Gasteiger partial charge is 0.219 e. The van der Waals surface area contributed by atoms with Crippen LogP contribution < -0.4 is 10.1 Å². The molecule has 0 saturated carbocycles. The first-order chi connectivity index (χ1) is 9.49. The molecule has 0 atom stereocenters. The Bertz CT molecular complexity index is 556. The summed E-state index contributed by atoms with van der Waals surface area (Å²) >= 11 is 0. The van der Waals surface area contributed by atoms with Crippen LogP contribution in [0, 0.1) is 0 Å². The molecule has 2 aromatic rings. The molecule has 0 unspecified atom stereocenters. The van der Waals surface area contributed by atoms with Crippen LogP contribution in [0.25, 0.3) is 0 Å². The molecule has 1 aromatic carbocycles. The fraction of sp³-hybridized carbons (Fsp3) is 0.353. The fourth-order valence-electron chi connectivity index (χ4n) is 1.94. The van der Waals surface area contributed by atoms with Crippen molar-refractivity contribution in [2.45, 2.75) is 32.7 Å². The van der Waals surface area contributed by atoms with Crippen LogP contribution in [-0.2, 0) is 12.0 Å². The molecular formula is C17H22N2O. The largest absolute Gasteiger partial charge is 0.439 e. The molecule has 1 N–H and O–H groups in total. The lowest BCUT2D eigenvalue weighted by atomic mass is 9.87. The summed E-state index contributed by atoms with van der Waals surface area (Å²) in [5.41, 5.74) is 2.42. The van der Waals surface area contributed by atoms with E-state index in [-0.39, 0.29) is 5.41 Å². The zero-order chi connectivity index (χ0) is 14.6. The highest BCUT2D eigenvalue weighted by molar-refractivity contribution is 5.33. The van der Waals surface area contributed by atoms with Gasteiger partial charge in [-0.3, -0.25) is 0 Å². The Morgan fingerprint density at radius 1 is 1.05 bits per heavy atom. The van der Waals surface area contributed by atoms with Crippen molar-refractivity contribution in [3.05, 3.63) is 53.7 Å². The Morgan fingerprint density at radius 3 is 2.35 bits per heavy atom. The molecule has 3 heteroatoms. The molecular weight excluding hydrogens is 248 g/mol. The van der Waals surface area contributed by atoms with Crippen LogP contribution in [0.3, 0.4) is 0 Å². The SMILES string of the molecule is CNCc1cccc(Oc2ccc(C(C)(C)C)cc2)n1. The summed E-state index contributed by atoms with van der Waals surface area (Å²) in [5.74, 6) is 1.44. The number of ether oxygens (including phenoxy) is 1. The number of hydrogen-bond acceptors (Lipinski definition) is 3. The molecule has 0 bridgehead atoms. The van der Waals surface area contributed by atoms with E-state index in [4.69, 9.17) is 4.74 Å². The van der Waals surface area contributed by atoms with Crippen LogP contribution in [0.5, 0.6) is 11.6 Å². The van der Waals surface area contributed by atoms with E-state index < -0.39 is 0 Å². The van der Waals surface area contributed by atoms with Gasteiger partial charge in [0.1, 0.15) is 5.75 Å². The average Bonchev–Trinajstić information content (AvgIpc) is 2.39. The predicted octanol–water partition coefficient (Wildman–Crippen LogP) is 3.89. The highest BCUT2D eigenvalue weighted by Crippen LogP contribution is 2.26. The minimum Gasteiger partial charge on any atom is -0.439 e. The predicted molar refractivity (Wildman–Crippen MR) is 82.2 cm³/mol. The topological polar surface area (TPSA) is 34.1 Å². The Kier molecular flexibility index (Phi) is 4.40. The van der Waals surface area contributed by atoms with E-state index in [1.165, 1.54) is 5.56 Å². The van der Waals surface area contributed by atoms with Crippen LogP contribution in [-0.4, -0.2) is 12.0 Å². The van der Waals surface area contributed by atoms with Crippen LogP contribution in [0.1, 0.15) is 32.0 Å². The highest BCUT2D eigenvalue weighted by atomic mass is 16.5. The van der Waals surface area contributed by atoms with Gasteiger partial charge in [0.25, 0.3) is 0 Å². The van der Waals surface area contributed by atoms with Crippen molar-refractivity contribution in [1.29, 1.82) is 0 Å². The minimum absolute atomic E-state index is 0.156. The third-order valence-electron chi connectivity index (χ3n) is 3.08. The number of rotatable bonds is 4. The van der Waals surface area contributed by atoms with Crippen molar-refractivity contribution in [1.82, 2.24) is 10.3 Å². The van der Waals surface area contributed by atoms with Crippen LogP contribution >= 0.6 is 0 Å². The second kappa shape index (κ2) is 6.06. The molecule has 0 aliphatic carbocycles. The summed E-state index contributed by atoms with van der Waals surface area (Å²) < 4.78 is 5.79. The Hall–Kier alpha value is -1.87. The molecule has 0 aliphatic heterocycles. The zero-order valence-corrected chi connectivity index (χ0v) is 12.6. The summed E-state index contributed by atoms with van der Waals surface area (Å²) in [6, 6.07) is 14.0. The van der Waals surface area contributed by atoms with Gasteiger partial charge < -0.3 is 10.1 Å².